The molecule has 3 nitrogen and oxygen atoms in total. The van der Waals surface area contributed by atoms with E-state index in [9.17, 15) is 0 Å². The van der Waals surface area contributed by atoms with Crippen LogP contribution in [0.2, 0.25) is 0 Å². The molecule has 0 aliphatic carbocycles. The Labute approximate surface area is 166 Å². The molecule has 0 atom stereocenters. The van der Waals surface area contributed by atoms with Gasteiger partial charge in [0.1, 0.15) is 0 Å². The molecule has 0 radical (unpaired) electrons. The van der Waals surface area contributed by atoms with Crippen LogP contribution in [0.4, 0.5) is 0 Å². The standard InChI is InChI=1S/C25H23N3/c1-16-11-12-20(26-15-16)21-7-5-8-22(27-21)23-9-6-10-24(28-23)25-18(3)13-17(2)14-19(25)4/h5-15H,1-4H3. The molecule has 0 spiro atoms. The highest BCUT2D eigenvalue weighted by atomic mass is 14.8. The first-order chi connectivity index (χ1) is 13.5. The molecule has 0 N–H and O–H groups in total. The van der Waals surface area contributed by atoms with Gasteiger partial charge in [0.25, 0.3) is 0 Å². The van der Waals surface area contributed by atoms with Crippen LogP contribution >= 0.6 is 0 Å². The van der Waals surface area contributed by atoms with Crippen LogP contribution in [0.25, 0.3) is 34.0 Å². The molecule has 0 unspecified atom stereocenters. The molecular formula is C25H23N3. The van der Waals surface area contributed by atoms with Crippen molar-refractivity contribution in [3.8, 4) is 34.0 Å². The van der Waals surface area contributed by atoms with Crippen LogP contribution in [0.15, 0.2) is 66.9 Å². The quantitative estimate of drug-likeness (QED) is 0.440. The second kappa shape index (κ2) is 7.35. The molecule has 0 saturated heterocycles. The van der Waals surface area contributed by atoms with Crippen LogP contribution in [0.5, 0.6) is 0 Å². The van der Waals surface area contributed by atoms with Gasteiger partial charge in [-0.2, -0.15) is 0 Å². The van der Waals surface area contributed by atoms with Crippen molar-refractivity contribution in [1.29, 1.82) is 0 Å². The van der Waals surface area contributed by atoms with E-state index in [0.717, 1.165) is 34.0 Å². The highest BCUT2D eigenvalue weighted by Gasteiger charge is 2.11. The maximum Gasteiger partial charge on any atom is 0.0894 e. The van der Waals surface area contributed by atoms with Crippen LogP contribution in [-0.4, -0.2) is 15.0 Å². The van der Waals surface area contributed by atoms with E-state index < -0.39 is 0 Å². The fourth-order valence-corrected chi connectivity index (χ4v) is 3.64. The van der Waals surface area contributed by atoms with E-state index in [4.69, 9.17) is 9.97 Å². The van der Waals surface area contributed by atoms with Crippen LogP contribution in [0.1, 0.15) is 22.3 Å². The SMILES string of the molecule is Cc1ccc(-c2cccc(-c3cccc(-c4c(C)cc(C)cc4C)n3)n2)nc1. The highest BCUT2D eigenvalue weighted by Crippen LogP contribution is 2.29. The highest BCUT2D eigenvalue weighted by molar-refractivity contribution is 5.71. The van der Waals surface area contributed by atoms with Crippen molar-refractivity contribution in [2.45, 2.75) is 27.7 Å². The van der Waals surface area contributed by atoms with E-state index in [1.54, 1.807) is 0 Å². The van der Waals surface area contributed by atoms with Crippen molar-refractivity contribution >= 4 is 0 Å². The number of pyridine rings is 3. The number of nitrogens with zero attached hydrogens (tertiary/aromatic N) is 3. The summed E-state index contributed by atoms with van der Waals surface area (Å²) in [7, 11) is 0. The lowest BCUT2D eigenvalue weighted by atomic mass is 9.97. The maximum atomic E-state index is 4.93. The monoisotopic (exact) mass is 365 g/mol. The van der Waals surface area contributed by atoms with Gasteiger partial charge in [-0.15, -0.1) is 0 Å². The number of aromatic nitrogens is 3. The van der Waals surface area contributed by atoms with Crippen molar-refractivity contribution < 1.29 is 0 Å². The van der Waals surface area contributed by atoms with Gasteiger partial charge in [-0.1, -0.05) is 35.9 Å². The fourth-order valence-electron chi connectivity index (χ4n) is 3.64. The number of hydrogen-bond donors (Lipinski definition) is 0. The molecule has 0 amide bonds. The average Bonchev–Trinajstić information content (AvgIpc) is 2.68. The first-order valence-electron chi connectivity index (χ1n) is 9.47. The molecule has 3 heterocycles. The van der Waals surface area contributed by atoms with Crippen LogP contribution in [-0.2, 0) is 0 Å². The molecule has 0 fully saturated rings. The zero-order chi connectivity index (χ0) is 19.7. The minimum Gasteiger partial charge on any atom is -0.254 e. The van der Waals surface area contributed by atoms with E-state index in [1.807, 2.05) is 43.5 Å². The van der Waals surface area contributed by atoms with E-state index in [1.165, 1.54) is 22.3 Å². The molecule has 0 bridgehead atoms. The smallest absolute Gasteiger partial charge is 0.0894 e. The van der Waals surface area contributed by atoms with Gasteiger partial charge < -0.3 is 0 Å². The van der Waals surface area contributed by atoms with Crippen molar-refractivity contribution in [1.82, 2.24) is 15.0 Å². The second-order valence-corrected chi connectivity index (χ2v) is 7.31. The van der Waals surface area contributed by atoms with Crippen molar-refractivity contribution in [2.24, 2.45) is 0 Å². The maximum absolute atomic E-state index is 4.93. The average molecular weight is 365 g/mol. The number of benzene rings is 1. The summed E-state index contributed by atoms with van der Waals surface area (Å²) in [6.45, 7) is 8.45. The lowest BCUT2D eigenvalue weighted by Gasteiger charge is -2.12. The fraction of sp³-hybridized carbons (Fsp3) is 0.160. The topological polar surface area (TPSA) is 38.7 Å². The third kappa shape index (κ3) is 3.56. The molecule has 1 aromatic carbocycles. The van der Waals surface area contributed by atoms with Gasteiger partial charge in [0.05, 0.1) is 28.5 Å². The molecule has 3 aromatic heterocycles. The molecule has 0 saturated carbocycles. The Hall–Kier alpha value is -3.33. The summed E-state index contributed by atoms with van der Waals surface area (Å²) in [6.07, 6.45) is 1.87. The summed E-state index contributed by atoms with van der Waals surface area (Å²) in [6, 6.07) is 20.6. The number of rotatable bonds is 3. The lowest BCUT2D eigenvalue weighted by molar-refractivity contribution is 1.20. The van der Waals surface area contributed by atoms with Crippen molar-refractivity contribution in [2.75, 3.05) is 0 Å². The minimum absolute atomic E-state index is 0.851. The summed E-state index contributed by atoms with van der Waals surface area (Å²) in [5.74, 6) is 0. The summed E-state index contributed by atoms with van der Waals surface area (Å²) in [5.41, 5.74) is 10.5. The predicted octanol–water partition coefficient (Wildman–Crippen LogP) is 6.11. The summed E-state index contributed by atoms with van der Waals surface area (Å²) < 4.78 is 0. The first kappa shape index (κ1) is 18.1. The van der Waals surface area contributed by atoms with Gasteiger partial charge in [0, 0.05) is 11.8 Å². The van der Waals surface area contributed by atoms with E-state index in [-0.39, 0.29) is 0 Å². The Kier molecular flexibility index (Phi) is 4.74. The predicted molar refractivity (Wildman–Crippen MR) is 115 cm³/mol. The molecular weight excluding hydrogens is 342 g/mol. The zero-order valence-corrected chi connectivity index (χ0v) is 16.7. The third-order valence-electron chi connectivity index (χ3n) is 4.87. The molecule has 4 rings (SSSR count). The van der Waals surface area contributed by atoms with Gasteiger partial charge in [0.2, 0.25) is 0 Å². The molecule has 138 valence electrons. The number of hydrogen-bond acceptors (Lipinski definition) is 3. The molecule has 3 heteroatoms. The molecule has 28 heavy (non-hydrogen) atoms. The summed E-state index contributed by atoms with van der Waals surface area (Å²) in [5, 5.41) is 0. The Balaban J connectivity index is 1.77. The van der Waals surface area contributed by atoms with Gasteiger partial charge in [-0.25, -0.2) is 9.97 Å². The van der Waals surface area contributed by atoms with Crippen molar-refractivity contribution in [3.63, 3.8) is 0 Å². The van der Waals surface area contributed by atoms with Crippen molar-refractivity contribution in [3.05, 3.63) is 89.1 Å². The van der Waals surface area contributed by atoms with Crippen LogP contribution in [0.3, 0.4) is 0 Å². The Bertz CT molecular complexity index is 1120. The number of aryl methyl sites for hydroxylation is 4. The Morgan fingerprint density at radius 2 is 1.07 bits per heavy atom. The van der Waals surface area contributed by atoms with Crippen LogP contribution < -0.4 is 0 Å². The second-order valence-electron chi connectivity index (χ2n) is 7.31. The van der Waals surface area contributed by atoms with Crippen LogP contribution in [0, 0.1) is 27.7 Å². The van der Waals surface area contributed by atoms with Gasteiger partial charge in [-0.3, -0.25) is 4.98 Å². The van der Waals surface area contributed by atoms with E-state index in [2.05, 4.69) is 56.1 Å². The Morgan fingerprint density at radius 1 is 0.536 bits per heavy atom. The van der Waals surface area contributed by atoms with Gasteiger partial charge >= 0.3 is 0 Å². The van der Waals surface area contributed by atoms with Gasteiger partial charge in [-0.05, 0) is 74.7 Å². The zero-order valence-electron chi connectivity index (χ0n) is 16.7. The largest absolute Gasteiger partial charge is 0.254 e. The van der Waals surface area contributed by atoms with E-state index in [0.29, 0.717) is 0 Å². The minimum atomic E-state index is 0.851. The first-order valence-corrected chi connectivity index (χ1v) is 9.47. The lowest BCUT2D eigenvalue weighted by Crippen LogP contribution is -1.96. The third-order valence-corrected chi connectivity index (χ3v) is 4.87. The summed E-state index contributed by atoms with van der Waals surface area (Å²) >= 11 is 0. The summed E-state index contributed by atoms with van der Waals surface area (Å²) in [4.78, 5) is 14.2. The molecule has 0 aliphatic rings. The van der Waals surface area contributed by atoms with Gasteiger partial charge in [0.15, 0.2) is 0 Å². The molecule has 4 aromatic rings. The normalized spacial score (nSPS) is 10.9. The molecule has 0 aliphatic heterocycles. The van der Waals surface area contributed by atoms with E-state index >= 15 is 0 Å². The Morgan fingerprint density at radius 3 is 1.64 bits per heavy atom.